The Bertz CT molecular complexity index is 577. The molecule has 0 saturated carbocycles. The molecule has 4 nitrogen and oxygen atoms in total. The van der Waals surface area contributed by atoms with Crippen molar-refractivity contribution in [3.63, 3.8) is 0 Å². The van der Waals surface area contributed by atoms with Crippen molar-refractivity contribution < 1.29 is 0 Å². The molecule has 1 atom stereocenters. The highest BCUT2D eigenvalue weighted by Gasteiger charge is 2.18. The molecule has 1 unspecified atom stereocenters. The molecule has 1 aromatic heterocycles. The van der Waals surface area contributed by atoms with Gasteiger partial charge in [-0.2, -0.15) is 5.10 Å². The zero-order chi connectivity index (χ0) is 14.7. The molecular formula is C15H21BrN4. The Morgan fingerprint density at radius 1 is 1.40 bits per heavy atom. The van der Waals surface area contributed by atoms with Crippen LogP contribution in [-0.4, -0.2) is 35.3 Å². The van der Waals surface area contributed by atoms with E-state index in [1.807, 2.05) is 16.9 Å². The Balaban J connectivity index is 2.29. The lowest BCUT2D eigenvalue weighted by atomic mass is 10.0. The number of hydrogen-bond acceptors (Lipinski definition) is 3. The topological polar surface area (TPSA) is 47.1 Å². The zero-order valence-electron chi connectivity index (χ0n) is 12.2. The van der Waals surface area contributed by atoms with Crippen LogP contribution in [0.1, 0.15) is 22.9 Å². The molecule has 5 heteroatoms. The van der Waals surface area contributed by atoms with Gasteiger partial charge in [-0.1, -0.05) is 29.8 Å². The van der Waals surface area contributed by atoms with Gasteiger partial charge in [0.05, 0.1) is 29.0 Å². The van der Waals surface area contributed by atoms with Crippen molar-refractivity contribution in [3.05, 3.63) is 51.8 Å². The summed E-state index contributed by atoms with van der Waals surface area (Å²) in [5.74, 6) is 0. The minimum Gasteiger partial charge on any atom is -0.319 e. The summed E-state index contributed by atoms with van der Waals surface area (Å²) in [7, 11) is 4.11. The normalized spacial score (nSPS) is 12.9. The van der Waals surface area contributed by atoms with Crippen LogP contribution in [0, 0.1) is 6.92 Å². The first-order valence-corrected chi connectivity index (χ1v) is 7.46. The fourth-order valence-electron chi connectivity index (χ4n) is 2.18. The van der Waals surface area contributed by atoms with Crippen LogP contribution in [0.2, 0.25) is 0 Å². The van der Waals surface area contributed by atoms with Crippen molar-refractivity contribution in [3.8, 4) is 0 Å². The molecule has 0 fully saturated rings. The summed E-state index contributed by atoms with van der Waals surface area (Å²) in [5.41, 5.74) is 9.78. The molecule has 2 N–H and O–H groups in total. The van der Waals surface area contributed by atoms with E-state index in [1.54, 1.807) is 0 Å². The van der Waals surface area contributed by atoms with Crippen molar-refractivity contribution in [1.82, 2.24) is 14.7 Å². The van der Waals surface area contributed by atoms with Crippen LogP contribution in [0.5, 0.6) is 0 Å². The predicted molar refractivity (Wildman–Crippen MR) is 85.7 cm³/mol. The van der Waals surface area contributed by atoms with Gasteiger partial charge in [-0.15, -0.1) is 0 Å². The number of rotatable bonds is 5. The Kier molecular flexibility index (Phi) is 4.96. The van der Waals surface area contributed by atoms with Crippen molar-refractivity contribution in [2.45, 2.75) is 19.5 Å². The molecule has 0 radical (unpaired) electrons. The standard InChI is InChI=1S/C15H21BrN4/c1-11-5-4-6-12(9-11)14(17)15-13(16)10-18-20(15)8-7-19(2)3/h4-6,9-10,14H,7-8,17H2,1-3H3. The van der Waals surface area contributed by atoms with E-state index in [4.69, 9.17) is 5.73 Å². The summed E-state index contributed by atoms with van der Waals surface area (Å²) in [4.78, 5) is 2.14. The molecule has 0 aliphatic carbocycles. The first-order chi connectivity index (χ1) is 9.49. The molecule has 1 aromatic carbocycles. The molecule has 0 saturated heterocycles. The molecule has 20 heavy (non-hydrogen) atoms. The van der Waals surface area contributed by atoms with Crippen LogP contribution in [0.25, 0.3) is 0 Å². The SMILES string of the molecule is Cc1cccc(C(N)c2c(Br)cnn2CCN(C)C)c1. The third-order valence-corrected chi connectivity index (χ3v) is 3.90. The first-order valence-electron chi connectivity index (χ1n) is 6.67. The average molecular weight is 337 g/mol. The molecule has 1 heterocycles. The maximum absolute atomic E-state index is 6.43. The quantitative estimate of drug-likeness (QED) is 0.912. The second kappa shape index (κ2) is 6.52. The number of aryl methyl sites for hydroxylation is 1. The van der Waals surface area contributed by atoms with Crippen LogP contribution in [0.15, 0.2) is 34.9 Å². The van der Waals surface area contributed by atoms with Crippen molar-refractivity contribution in [2.75, 3.05) is 20.6 Å². The zero-order valence-corrected chi connectivity index (χ0v) is 13.8. The van der Waals surface area contributed by atoms with E-state index in [9.17, 15) is 0 Å². The van der Waals surface area contributed by atoms with E-state index in [2.05, 4.69) is 65.1 Å². The molecular weight excluding hydrogens is 316 g/mol. The van der Waals surface area contributed by atoms with E-state index in [1.165, 1.54) is 5.56 Å². The van der Waals surface area contributed by atoms with Crippen LogP contribution in [0.3, 0.4) is 0 Å². The van der Waals surface area contributed by atoms with Gasteiger partial charge in [-0.05, 0) is 42.5 Å². The minimum absolute atomic E-state index is 0.172. The molecule has 0 aliphatic rings. The van der Waals surface area contributed by atoms with E-state index < -0.39 is 0 Å². The predicted octanol–water partition coefficient (Wildman–Crippen LogP) is 2.56. The van der Waals surface area contributed by atoms with Crippen molar-refractivity contribution in [2.24, 2.45) is 5.73 Å². The van der Waals surface area contributed by atoms with Gasteiger partial charge in [-0.3, -0.25) is 4.68 Å². The highest BCUT2D eigenvalue weighted by Crippen LogP contribution is 2.27. The Morgan fingerprint density at radius 3 is 2.80 bits per heavy atom. The third kappa shape index (κ3) is 3.48. The minimum atomic E-state index is -0.172. The lowest BCUT2D eigenvalue weighted by Gasteiger charge is -2.17. The average Bonchev–Trinajstić information content (AvgIpc) is 2.76. The summed E-state index contributed by atoms with van der Waals surface area (Å²) in [5, 5.41) is 4.42. The number of nitrogens with zero attached hydrogens (tertiary/aromatic N) is 3. The van der Waals surface area contributed by atoms with Gasteiger partial charge in [0, 0.05) is 6.54 Å². The van der Waals surface area contributed by atoms with E-state index in [0.29, 0.717) is 0 Å². The molecule has 0 aliphatic heterocycles. The van der Waals surface area contributed by atoms with E-state index in [0.717, 1.165) is 28.8 Å². The summed E-state index contributed by atoms with van der Waals surface area (Å²) < 4.78 is 2.95. The highest BCUT2D eigenvalue weighted by atomic mass is 79.9. The van der Waals surface area contributed by atoms with Crippen LogP contribution < -0.4 is 5.73 Å². The second-order valence-corrected chi connectivity index (χ2v) is 6.15. The molecule has 2 rings (SSSR count). The Morgan fingerprint density at radius 2 is 2.15 bits per heavy atom. The van der Waals surface area contributed by atoms with Crippen LogP contribution in [0.4, 0.5) is 0 Å². The van der Waals surface area contributed by atoms with Crippen molar-refractivity contribution in [1.29, 1.82) is 0 Å². The maximum Gasteiger partial charge on any atom is 0.0739 e. The summed E-state index contributed by atoms with van der Waals surface area (Å²) in [6.45, 7) is 3.84. The van der Waals surface area contributed by atoms with Gasteiger partial charge >= 0.3 is 0 Å². The first kappa shape index (κ1) is 15.2. The van der Waals surface area contributed by atoms with E-state index >= 15 is 0 Å². The van der Waals surface area contributed by atoms with Gasteiger partial charge in [0.15, 0.2) is 0 Å². The van der Waals surface area contributed by atoms with Gasteiger partial charge in [0.25, 0.3) is 0 Å². The van der Waals surface area contributed by atoms with Crippen molar-refractivity contribution >= 4 is 15.9 Å². The Labute approximate surface area is 128 Å². The molecule has 0 amide bonds. The molecule has 0 bridgehead atoms. The summed E-state index contributed by atoms with van der Waals surface area (Å²) >= 11 is 3.56. The molecule has 108 valence electrons. The third-order valence-electron chi connectivity index (χ3n) is 3.29. The monoisotopic (exact) mass is 336 g/mol. The van der Waals surface area contributed by atoms with E-state index in [-0.39, 0.29) is 6.04 Å². The number of aromatic nitrogens is 2. The van der Waals surface area contributed by atoms with Crippen LogP contribution in [-0.2, 0) is 6.54 Å². The Hall–Kier alpha value is -1.17. The summed E-state index contributed by atoms with van der Waals surface area (Å²) in [6, 6.07) is 8.13. The van der Waals surface area contributed by atoms with Gasteiger partial charge in [0.1, 0.15) is 0 Å². The lowest BCUT2D eigenvalue weighted by Crippen LogP contribution is -2.23. The van der Waals surface area contributed by atoms with Gasteiger partial charge < -0.3 is 10.6 Å². The molecule has 0 spiro atoms. The van der Waals surface area contributed by atoms with Gasteiger partial charge in [0.2, 0.25) is 0 Å². The number of halogens is 1. The largest absolute Gasteiger partial charge is 0.319 e. The van der Waals surface area contributed by atoms with Crippen LogP contribution >= 0.6 is 15.9 Å². The lowest BCUT2D eigenvalue weighted by molar-refractivity contribution is 0.368. The smallest absolute Gasteiger partial charge is 0.0739 e. The number of benzene rings is 1. The fraction of sp³-hybridized carbons (Fsp3) is 0.400. The number of nitrogens with two attached hydrogens (primary N) is 1. The molecule has 2 aromatic rings. The highest BCUT2D eigenvalue weighted by molar-refractivity contribution is 9.10. The van der Waals surface area contributed by atoms with Gasteiger partial charge in [-0.25, -0.2) is 0 Å². The number of hydrogen-bond donors (Lipinski definition) is 1. The maximum atomic E-state index is 6.43. The number of likely N-dealkylation sites (N-methyl/N-ethyl adjacent to an activating group) is 1. The fourth-order valence-corrected chi connectivity index (χ4v) is 2.72. The summed E-state index contributed by atoms with van der Waals surface area (Å²) in [6.07, 6.45) is 1.82. The second-order valence-electron chi connectivity index (χ2n) is 5.30.